The lowest BCUT2D eigenvalue weighted by molar-refractivity contribution is -0.118. The largest absolute Gasteiger partial charge is 0.486 e. The van der Waals surface area contributed by atoms with E-state index in [1.54, 1.807) is 35.1 Å². The van der Waals surface area contributed by atoms with E-state index in [1.807, 2.05) is 0 Å². The topological polar surface area (TPSA) is 106 Å². The van der Waals surface area contributed by atoms with Crippen LogP contribution in [0.15, 0.2) is 60.8 Å². The molecule has 4 aromatic rings. The summed E-state index contributed by atoms with van der Waals surface area (Å²) < 4.78 is 40.5. The molecule has 1 fully saturated rings. The molecule has 2 N–H and O–H groups in total. The van der Waals surface area contributed by atoms with E-state index in [9.17, 15) is 23.5 Å². The van der Waals surface area contributed by atoms with Crippen LogP contribution in [0.1, 0.15) is 40.4 Å². The van der Waals surface area contributed by atoms with Gasteiger partial charge in [-0.25, -0.2) is 8.78 Å². The number of carbonyl (C=O) groups excluding carboxylic acids is 2. The molecule has 42 heavy (non-hydrogen) atoms. The number of ether oxygens (including phenoxy) is 2. The number of likely N-dealkylation sites (tertiary alicyclic amines) is 1. The highest BCUT2D eigenvalue weighted by molar-refractivity contribution is 6.43. The van der Waals surface area contributed by atoms with Gasteiger partial charge in [-0.3, -0.25) is 14.3 Å². The molecule has 0 bridgehead atoms. The number of Topliss-reactive ketones (excluding diaryl/α,β-unsaturated/α-hetero) is 1. The number of fused-ring (bicyclic) bond motifs is 2. The van der Waals surface area contributed by atoms with Crippen molar-refractivity contribution in [3.63, 3.8) is 0 Å². The number of carbonyl (C=O) groups is 2. The third-order valence-electron chi connectivity index (χ3n) is 7.59. The average Bonchev–Trinajstić information content (AvgIpc) is 3.66. The van der Waals surface area contributed by atoms with E-state index in [1.165, 1.54) is 30.3 Å². The van der Waals surface area contributed by atoms with Crippen LogP contribution < -0.4 is 14.8 Å². The van der Waals surface area contributed by atoms with Crippen molar-refractivity contribution >= 4 is 22.6 Å². The summed E-state index contributed by atoms with van der Waals surface area (Å²) in [6.45, 7) is 2.76. The van der Waals surface area contributed by atoms with Crippen molar-refractivity contribution in [2.24, 2.45) is 0 Å². The third kappa shape index (κ3) is 5.97. The van der Waals surface area contributed by atoms with E-state index < -0.39 is 29.7 Å². The van der Waals surface area contributed by atoms with Crippen LogP contribution in [0.25, 0.3) is 10.9 Å². The summed E-state index contributed by atoms with van der Waals surface area (Å²) in [7, 11) is 0. The lowest BCUT2D eigenvalue weighted by Gasteiger charge is -2.29. The van der Waals surface area contributed by atoms with E-state index in [-0.39, 0.29) is 48.2 Å². The fourth-order valence-electron chi connectivity index (χ4n) is 5.44. The average molecular weight is 577 g/mol. The molecule has 218 valence electrons. The second-order valence-electron chi connectivity index (χ2n) is 10.6. The number of hydrogen-bond acceptors (Lipinski definition) is 7. The number of halogens is 2. The number of hydrogen-bond donors (Lipinski definition) is 2. The second kappa shape index (κ2) is 11.9. The fourth-order valence-corrected chi connectivity index (χ4v) is 5.44. The summed E-state index contributed by atoms with van der Waals surface area (Å²) in [6.07, 6.45) is 2.43. The highest BCUT2D eigenvalue weighted by Crippen LogP contribution is 2.36. The summed E-state index contributed by atoms with van der Waals surface area (Å²) in [6, 6.07) is 12.7. The molecule has 2 aliphatic rings. The zero-order valence-corrected chi connectivity index (χ0v) is 22.8. The van der Waals surface area contributed by atoms with Crippen LogP contribution >= 0.6 is 0 Å². The van der Waals surface area contributed by atoms with Gasteiger partial charge in [0.2, 0.25) is 5.78 Å². The van der Waals surface area contributed by atoms with Gasteiger partial charge >= 0.3 is 0 Å². The summed E-state index contributed by atoms with van der Waals surface area (Å²) in [5, 5.41) is 19.2. The maximum atomic E-state index is 14.8. The van der Waals surface area contributed by atoms with Gasteiger partial charge in [-0.05, 0) is 79.5 Å². The van der Waals surface area contributed by atoms with Gasteiger partial charge in [-0.15, -0.1) is 0 Å². The number of nitrogens with zero attached hydrogens (tertiary/aromatic N) is 3. The number of ketones is 1. The molecular formula is C31H30F2N4O5. The molecular weight excluding hydrogens is 546 g/mol. The van der Waals surface area contributed by atoms with Crippen LogP contribution in [0.5, 0.6) is 11.5 Å². The maximum Gasteiger partial charge on any atom is 0.292 e. The molecule has 11 heteroatoms. The molecule has 0 unspecified atom stereocenters. The van der Waals surface area contributed by atoms with E-state index in [2.05, 4.69) is 15.3 Å². The smallest absolute Gasteiger partial charge is 0.292 e. The number of aliphatic hydroxyl groups is 1. The molecule has 3 heterocycles. The monoisotopic (exact) mass is 576 g/mol. The molecule has 6 rings (SSSR count). The van der Waals surface area contributed by atoms with E-state index >= 15 is 0 Å². The van der Waals surface area contributed by atoms with Gasteiger partial charge in [0.25, 0.3) is 5.91 Å². The predicted octanol–water partition coefficient (Wildman–Crippen LogP) is 3.63. The molecule has 2 atom stereocenters. The van der Waals surface area contributed by atoms with Crippen LogP contribution in [0.2, 0.25) is 0 Å². The minimum absolute atomic E-state index is 0.0103. The van der Waals surface area contributed by atoms with Crippen LogP contribution in [-0.4, -0.2) is 70.4 Å². The summed E-state index contributed by atoms with van der Waals surface area (Å²) in [5.41, 5.74) is 1.88. The first kappa shape index (κ1) is 27.8. The SMILES string of the molecule is O=C(N[C@H](CN1CCCC1)[C@@H](O)c1cc(F)c2c(c1)OCCO2)C(=O)c1ccc2nn(Cc3ccc(F)cc3)cc2c1. The van der Waals surface area contributed by atoms with Gasteiger partial charge in [0.05, 0.1) is 18.1 Å². The van der Waals surface area contributed by atoms with Crippen molar-refractivity contribution in [1.29, 1.82) is 0 Å². The highest BCUT2D eigenvalue weighted by atomic mass is 19.1. The van der Waals surface area contributed by atoms with Crippen LogP contribution in [0.4, 0.5) is 8.78 Å². The van der Waals surface area contributed by atoms with Gasteiger partial charge in [0, 0.05) is 23.7 Å². The second-order valence-corrected chi connectivity index (χ2v) is 10.6. The minimum atomic E-state index is -1.31. The fraction of sp³-hybridized carbons (Fsp3) is 0.323. The zero-order valence-electron chi connectivity index (χ0n) is 22.8. The van der Waals surface area contributed by atoms with Crippen molar-refractivity contribution in [2.45, 2.75) is 31.5 Å². The predicted molar refractivity (Wildman–Crippen MR) is 150 cm³/mol. The molecule has 0 spiro atoms. The molecule has 1 aromatic heterocycles. The Kier molecular flexibility index (Phi) is 7.86. The molecule has 3 aromatic carbocycles. The Bertz CT molecular complexity index is 1620. The zero-order chi connectivity index (χ0) is 29.2. The van der Waals surface area contributed by atoms with Gasteiger partial charge < -0.3 is 24.8 Å². The summed E-state index contributed by atoms with van der Waals surface area (Å²) in [4.78, 5) is 28.5. The van der Waals surface area contributed by atoms with Crippen LogP contribution in [0, 0.1) is 11.6 Å². The quantitative estimate of drug-likeness (QED) is 0.232. The Hall–Kier alpha value is -4.35. The van der Waals surface area contributed by atoms with Gasteiger partial charge in [0.1, 0.15) is 25.1 Å². The summed E-state index contributed by atoms with van der Waals surface area (Å²) in [5.74, 6) is -2.46. The van der Waals surface area contributed by atoms with Crippen molar-refractivity contribution in [1.82, 2.24) is 20.0 Å². The Morgan fingerprint density at radius 1 is 1.00 bits per heavy atom. The molecule has 1 amide bonds. The van der Waals surface area contributed by atoms with Crippen molar-refractivity contribution in [3.8, 4) is 11.5 Å². The van der Waals surface area contributed by atoms with Crippen molar-refractivity contribution in [2.75, 3.05) is 32.8 Å². The van der Waals surface area contributed by atoms with Crippen molar-refractivity contribution in [3.05, 3.63) is 89.1 Å². The first-order valence-corrected chi connectivity index (χ1v) is 13.9. The number of aliphatic hydroxyl groups excluding tert-OH is 1. The number of amides is 1. The number of nitrogens with one attached hydrogen (secondary N) is 1. The molecule has 0 aliphatic carbocycles. The Morgan fingerprint density at radius 3 is 2.55 bits per heavy atom. The number of rotatable bonds is 9. The lowest BCUT2D eigenvalue weighted by atomic mass is 9.99. The van der Waals surface area contributed by atoms with Gasteiger partial charge in [-0.2, -0.15) is 5.10 Å². The normalized spacial score (nSPS) is 16.4. The van der Waals surface area contributed by atoms with E-state index in [4.69, 9.17) is 9.47 Å². The van der Waals surface area contributed by atoms with E-state index in [0.29, 0.717) is 17.4 Å². The van der Waals surface area contributed by atoms with Gasteiger partial charge in [0.15, 0.2) is 17.3 Å². The molecule has 2 aliphatic heterocycles. The molecule has 0 radical (unpaired) electrons. The number of aromatic nitrogens is 2. The van der Waals surface area contributed by atoms with Crippen molar-refractivity contribution < 1.29 is 33.0 Å². The molecule has 9 nitrogen and oxygen atoms in total. The van der Waals surface area contributed by atoms with E-state index in [0.717, 1.165) is 31.5 Å². The summed E-state index contributed by atoms with van der Waals surface area (Å²) >= 11 is 0. The first-order chi connectivity index (χ1) is 20.3. The molecule has 1 saturated heterocycles. The third-order valence-corrected chi connectivity index (χ3v) is 7.59. The van der Waals surface area contributed by atoms with Gasteiger partial charge in [-0.1, -0.05) is 12.1 Å². The number of benzene rings is 3. The highest BCUT2D eigenvalue weighted by Gasteiger charge is 2.31. The van der Waals surface area contributed by atoms with Crippen LogP contribution in [-0.2, 0) is 11.3 Å². The Morgan fingerprint density at radius 2 is 1.76 bits per heavy atom. The standard InChI is InChI=1S/C31H30F2N4O5/c32-23-6-3-19(4-7-23)16-37-17-22-13-20(5-8-25(22)35-37)29(39)31(40)34-26(18-36-9-1-2-10-36)28(38)21-14-24(33)30-27(15-21)41-11-12-42-30/h3-8,13-15,17,26,28,38H,1-2,9-12,16,18H2,(H,34,40)/t26-,28+/m1/s1. The first-order valence-electron chi connectivity index (χ1n) is 13.9. The Balaban J connectivity index is 1.20. The van der Waals surface area contributed by atoms with Crippen LogP contribution in [0.3, 0.4) is 0 Å². The Labute approximate surface area is 240 Å². The molecule has 0 saturated carbocycles. The minimum Gasteiger partial charge on any atom is -0.486 e. The lowest BCUT2D eigenvalue weighted by Crippen LogP contribution is -2.48. The maximum absolute atomic E-state index is 14.8.